The Morgan fingerprint density at radius 3 is 2.93 bits per heavy atom. The quantitative estimate of drug-likeness (QED) is 0.510. The summed E-state index contributed by atoms with van der Waals surface area (Å²) in [4.78, 5) is 26.0. The summed E-state index contributed by atoms with van der Waals surface area (Å²) < 4.78 is 28.9. The van der Waals surface area contributed by atoms with Gasteiger partial charge in [0.25, 0.3) is 0 Å². The van der Waals surface area contributed by atoms with E-state index in [0.29, 0.717) is 28.5 Å². The maximum atomic E-state index is 12.8. The van der Waals surface area contributed by atoms with Gasteiger partial charge in [0.15, 0.2) is 11.7 Å². The molecular formula is C22H22N6O2. The molecule has 0 bridgehead atoms. The number of oxazole rings is 1. The number of piperidine rings is 1. The first-order chi connectivity index (χ1) is 15.9. The topological polar surface area (TPSA) is 98.7 Å². The molecule has 0 amide bonds. The van der Waals surface area contributed by atoms with Gasteiger partial charge < -0.3 is 9.73 Å². The van der Waals surface area contributed by atoms with Gasteiger partial charge >= 0.3 is 0 Å². The molecule has 5 heterocycles. The highest BCUT2D eigenvalue weighted by Gasteiger charge is 2.22. The highest BCUT2D eigenvalue weighted by molar-refractivity contribution is 5.96. The summed E-state index contributed by atoms with van der Waals surface area (Å²) in [5.41, 5.74) is 2.10. The van der Waals surface area contributed by atoms with Crippen molar-refractivity contribution in [1.82, 2.24) is 30.0 Å². The molecule has 0 aromatic carbocycles. The predicted molar refractivity (Wildman–Crippen MR) is 111 cm³/mol. The van der Waals surface area contributed by atoms with Gasteiger partial charge in [0, 0.05) is 52.2 Å². The Balaban J connectivity index is 1.35. The van der Waals surface area contributed by atoms with Gasteiger partial charge in [-0.2, -0.15) is 5.10 Å². The maximum Gasteiger partial charge on any atom is 0.197 e. The average molecular weight is 405 g/mol. The van der Waals surface area contributed by atoms with E-state index in [1.54, 1.807) is 12.4 Å². The van der Waals surface area contributed by atoms with E-state index in [9.17, 15) is 4.79 Å². The number of carbonyl (C=O) groups is 1. The van der Waals surface area contributed by atoms with Gasteiger partial charge in [-0.3, -0.25) is 19.4 Å². The lowest BCUT2D eigenvalue weighted by atomic mass is 9.98. The molecule has 1 aliphatic heterocycles. The summed E-state index contributed by atoms with van der Waals surface area (Å²) in [6.07, 6.45) is 9.68. The normalized spacial score (nSPS) is 16.9. The number of nitrogens with zero attached hydrogens (tertiary/aromatic N) is 5. The molecule has 8 heteroatoms. The lowest BCUT2D eigenvalue weighted by Gasteiger charge is -2.19. The zero-order valence-electron chi connectivity index (χ0n) is 19.2. The zero-order valence-corrected chi connectivity index (χ0v) is 16.2. The van der Waals surface area contributed by atoms with E-state index in [1.165, 1.54) is 18.7 Å². The minimum Gasteiger partial charge on any atom is -0.448 e. The second-order valence-corrected chi connectivity index (χ2v) is 7.46. The molecule has 1 fully saturated rings. The minimum absolute atomic E-state index is 0.1000. The molecule has 8 nitrogen and oxygen atoms in total. The Kier molecular flexibility index (Phi) is 4.01. The van der Waals surface area contributed by atoms with Gasteiger partial charge in [0.05, 0.1) is 18.3 Å². The number of hydrogen-bond acceptors (Lipinski definition) is 7. The van der Waals surface area contributed by atoms with E-state index in [2.05, 4.69) is 25.4 Å². The molecule has 1 N–H and O–H groups in total. The van der Waals surface area contributed by atoms with Crippen LogP contribution in [0.2, 0.25) is 0 Å². The smallest absolute Gasteiger partial charge is 0.197 e. The third-order valence-corrected chi connectivity index (χ3v) is 5.38. The summed E-state index contributed by atoms with van der Waals surface area (Å²) in [6, 6.07) is 3.66. The SMILES string of the molecule is [2H]C([2H])([2H])n1cc(-c2cc3cc(CC(=O)c4coc(C5CCNCC5)n4)ncc3cn2)cn1. The van der Waals surface area contributed by atoms with Gasteiger partial charge in [-0.15, -0.1) is 0 Å². The molecule has 0 atom stereocenters. The summed E-state index contributed by atoms with van der Waals surface area (Å²) in [5, 5.41) is 8.87. The molecule has 152 valence electrons. The summed E-state index contributed by atoms with van der Waals surface area (Å²) in [5.74, 6) is 0.714. The van der Waals surface area contributed by atoms with Crippen LogP contribution in [0.25, 0.3) is 22.0 Å². The Morgan fingerprint density at radius 1 is 1.23 bits per heavy atom. The van der Waals surface area contributed by atoms with E-state index in [1.807, 2.05) is 12.1 Å². The Hall–Kier alpha value is -3.39. The first kappa shape index (κ1) is 15.4. The van der Waals surface area contributed by atoms with Crippen molar-refractivity contribution in [2.75, 3.05) is 13.1 Å². The van der Waals surface area contributed by atoms with Crippen LogP contribution in [0.4, 0.5) is 0 Å². The standard InChI is InChI=1S/C22H22N6O2/c1-28-12-17(11-26-28)19-7-15-6-18(24-9-16(15)10-25-19)8-21(29)20-13-30-22(27-20)14-2-4-23-5-3-14/h6-7,9-14,23H,2-5,8H2,1H3/i1D3. The lowest BCUT2D eigenvalue weighted by Crippen LogP contribution is -2.26. The number of aromatic nitrogens is 5. The van der Waals surface area contributed by atoms with Crippen LogP contribution < -0.4 is 5.32 Å². The first-order valence-corrected chi connectivity index (χ1v) is 9.86. The minimum atomic E-state index is -2.35. The number of aryl methyl sites for hydroxylation is 1. The number of Topliss-reactive ketones (excluding diaryl/α,β-unsaturated/α-hetero) is 1. The van der Waals surface area contributed by atoms with Gasteiger partial charge in [-0.1, -0.05) is 0 Å². The first-order valence-electron chi connectivity index (χ1n) is 11.4. The number of nitrogens with one attached hydrogen (secondary N) is 1. The zero-order chi connectivity index (χ0) is 23.0. The third kappa shape index (κ3) is 3.73. The van der Waals surface area contributed by atoms with Crippen LogP contribution in [0.15, 0.2) is 47.6 Å². The van der Waals surface area contributed by atoms with E-state index in [4.69, 9.17) is 8.53 Å². The van der Waals surface area contributed by atoms with Crippen molar-refractivity contribution in [2.45, 2.75) is 25.2 Å². The van der Waals surface area contributed by atoms with Crippen LogP contribution in [0.5, 0.6) is 0 Å². The fraction of sp³-hybridized carbons (Fsp3) is 0.318. The van der Waals surface area contributed by atoms with Crippen LogP contribution in [0.1, 0.15) is 44.9 Å². The van der Waals surface area contributed by atoms with Crippen LogP contribution >= 0.6 is 0 Å². The van der Waals surface area contributed by atoms with Crippen molar-refractivity contribution in [3.63, 3.8) is 0 Å². The largest absolute Gasteiger partial charge is 0.448 e. The van der Waals surface area contributed by atoms with Gasteiger partial charge in [0.2, 0.25) is 0 Å². The fourth-order valence-electron chi connectivity index (χ4n) is 3.72. The summed E-state index contributed by atoms with van der Waals surface area (Å²) in [6.45, 7) is -0.502. The van der Waals surface area contributed by atoms with Crippen LogP contribution in [-0.2, 0) is 13.4 Å². The van der Waals surface area contributed by atoms with Crippen LogP contribution in [0, 0.1) is 0 Å². The lowest BCUT2D eigenvalue weighted by molar-refractivity contribution is 0.0987. The molecular weight excluding hydrogens is 380 g/mol. The molecule has 0 radical (unpaired) electrons. The molecule has 5 rings (SSSR count). The third-order valence-electron chi connectivity index (χ3n) is 5.38. The Bertz CT molecular complexity index is 1310. The van der Waals surface area contributed by atoms with Crippen molar-refractivity contribution >= 4 is 16.6 Å². The van der Waals surface area contributed by atoms with E-state index >= 15 is 0 Å². The van der Waals surface area contributed by atoms with E-state index in [-0.39, 0.29) is 18.1 Å². The number of pyridine rings is 2. The van der Waals surface area contributed by atoms with Gasteiger partial charge in [0.1, 0.15) is 12.0 Å². The van der Waals surface area contributed by atoms with E-state index < -0.39 is 6.98 Å². The van der Waals surface area contributed by atoms with Crippen molar-refractivity contribution < 1.29 is 13.3 Å². The van der Waals surface area contributed by atoms with Crippen molar-refractivity contribution in [1.29, 1.82) is 0 Å². The molecule has 30 heavy (non-hydrogen) atoms. The highest BCUT2D eigenvalue weighted by atomic mass is 16.3. The number of fused-ring (bicyclic) bond motifs is 1. The molecule has 0 saturated carbocycles. The molecule has 1 aliphatic rings. The summed E-state index contributed by atoms with van der Waals surface area (Å²) in [7, 11) is 0. The van der Waals surface area contributed by atoms with Gasteiger partial charge in [-0.25, -0.2) is 4.98 Å². The summed E-state index contributed by atoms with van der Waals surface area (Å²) >= 11 is 0. The van der Waals surface area contributed by atoms with Crippen molar-refractivity contribution in [3.05, 3.63) is 60.5 Å². The number of ketones is 1. The van der Waals surface area contributed by atoms with Crippen molar-refractivity contribution in [2.24, 2.45) is 6.98 Å². The number of carbonyl (C=O) groups excluding carboxylic acids is 1. The number of rotatable bonds is 5. The molecule has 4 aromatic heterocycles. The molecule has 4 aromatic rings. The maximum absolute atomic E-state index is 12.8. The van der Waals surface area contributed by atoms with E-state index in [0.717, 1.165) is 41.4 Å². The highest BCUT2D eigenvalue weighted by Crippen LogP contribution is 2.25. The van der Waals surface area contributed by atoms with Crippen molar-refractivity contribution in [3.8, 4) is 11.3 Å². The number of hydrogen-bond donors (Lipinski definition) is 1. The fourth-order valence-corrected chi connectivity index (χ4v) is 3.72. The monoisotopic (exact) mass is 405 g/mol. The molecule has 0 aliphatic carbocycles. The Morgan fingerprint density at radius 2 is 2.10 bits per heavy atom. The predicted octanol–water partition coefficient (Wildman–Crippen LogP) is 2.91. The van der Waals surface area contributed by atoms with Crippen LogP contribution in [0.3, 0.4) is 0 Å². The molecule has 0 spiro atoms. The molecule has 0 unspecified atom stereocenters. The Labute approximate surface area is 177 Å². The molecule has 1 saturated heterocycles. The van der Waals surface area contributed by atoms with Crippen LogP contribution in [-0.4, -0.2) is 43.6 Å². The second kappa shape index (κ2) is 7.79. The van der Waals surface area contributed by atoms with Gasteiger partial charge in [-0.05, 0) is 43.5 Å². The second-order valence-electron chi connectivity index (χ2n) is 7.46. The average Bonchev–Trinajstić information content (AvgIpc) is 3.49.